The molecule has 5 nitrogen and oxygen atoms in total. The first kappa shape index (κ1) is 21.2. The van der Waals surface area contributed by atoms with E-state index >= 15 is 0 Å². The number of hydrogen-bond donors (Lipinski definition) is 3. The predicted molar refractivity (Wildman–Crippen MR) is 114 cm³/mol. The quantitative estimate of drug-likeness (QED) is 0.612. The molecule has 2 rings (SSSR count). The number of nitrogens with one attached hydrogen (secondary N) is 3. The maximum atomic E-state index is 12.4. The molecule has 2 aromatic rings. The van der Waals surface area contributed by atoms with E-state index in [4.69, 9.17) is 35.4 Å². The molecule has 2 aromatic carbocycles. The summed E-state index contributed by atoms with van der Waals surface area (Å²) in [5.41, 5.74) is 1.16. The number of benzene rings is 2. The van der Waals surface area contributed by atoms with Gasteiger partial charge in [-0.2, -0.15) is 0 Å². The largest absolute Gasteiger partial charge is 0.350 e. The molecule has 0 fully saturated rings. The smallest absolute Gasteiger partial charge is 0.258 e. The second-order valence-corrected chi connectivity index (χ2v) is 7.11. The van der Waals surface area contributed by atoms with Crippen LogP contribution in [-0.4, -0.2) is 23.0 Å². The van der Waals surface area contributed by atoms with Crippen LogP contribution in [0.5, 0.6) is 0 Å². The van der Waals surface area contributed by atoms with Crippen molar-refractivity contribution in [2.45, 2.75) is 26.3 Å². The fraction of sp³-hybridized carbons (Fsp3) is 0.211. The lowest BCUT2D eigenvalue weighted by atomic mass is 10.1. The maximum absolute atomic E-state index is 12.4. The lowest BCUT2D eigenvalue weighted by Crippen LogP contribution is -2.36. The van der Waals surface area contributed by atoms with Gasteiger partial charge in [-0.1, -0.05) is 42.3 Å². The lowest BCUT2D eigenvalue weighted by molar-refractivity contribution is 0.0938. The summed E-state index contributed by atoms with van der Waals surface area (Å²) in [5, 5.41) is 9.03. The number of rotatable bonds is 5. The molecule has 142 valence electrons. The van der Waals surface area contributed by atoms with Crippen LogP contribution in [0, 0.1) is 0 Å². The third-order valence-electron chi connectivity index (χ3n) is 3.81. The number of hydrogen-bond acceptors (Lipinski definition) is 3. The summed E-state index contributed by atoms with van der Waals surface area (Å²) < 4.78 is 0. The highest BCUT2D eigenvalue weighted by Gasteiger charge is 2.16. The van der Waals surface area contributed by atoms with Crippen molar-refractivity contribution >= 4 is 58.0 Å². The van der Waals surface area contributed by atoms with Gasteiger partial charge in [0.15, 0.2) is 5.11 Å². The SMILES string of the molecule is CCC(C)NC(=O)c1ccccc1NC(=S)NC(=O)c1ccc(Cl)cc1Cl. The predicted octanol–water partition coefficient (Wildman–Crippen LogP) is 4.65. The minimum Gasteiger partial charge on any atom is -0.350 e. The lowest BCUT2D eigenvalue weighted by Gasteiger charge is -2.16. The third kappa shape index (κ3) is 5.92. The van der Waals surface area contributed by atoms with Crippen molar-refractivity contribution in [1.82, 2.24) is 10.6 Å². The Hall–Kier alpha value is -2.15. The van der Waals surface area contributed by atoms with Crippen LogP contribution in [0.3, 0.4) is 0 Å². The number of para-hydroxylation sites is 1. The van der Waals surface area contributed by atoms with E-state index in [9.17, 15) is 9.59 Å². The van der Waals surface area contributed by atoms with E-state index in [2.05, 4.69) is 16.0 Å². The van der Waals surface area contributed by atoms with Gasteiger partial charge in [-0.3, -0.25) is 14.9 Å². The van der Waals surface area contributed by atoms with E-state index in [-0.39, 0.29) is 27.6 Å². The molecule has 0 bridgehead atoms. The normalized spacial score (nSPS) is 11.4. The fourth-order valence-corrected chi connectivity index (χ4v) is 2.89. The molecule has 0 aliphatic heterocycles. The summed E-state index contributed by atoms with van der Waals surface area (Å²) in [6.45, 7) is 3.91. The average molecular weight is 424 g/mol. The van der Waals surface area contributed by atoms with Gasteiger partial charge in [0.1, 0.15) is 0 Å². The van der Waals surface area contributed by atoms with E-state index in [1.165, 1.54) is 12.1 Å². The van der Waals surface area contributed by atoms with Crippen LogP contribution < -0.4 is 16.0 Å². The van der Waals surface area contributed by atoms with Crippen LogP contribution in [0.15, 0.2) is 42.5 Å². The molecule has 27 heavy (non-hydrogen) atoms. The Balaban J connectivity index is 2.09. The second-order valence-electron chi connectivity index (χ2n) is 5.86. The van der Waals surface area contributed by atoms with Gasteiger partial charge in [0.25, 0.3) is 11.8 Å². The molecule has 0 aliphatic carbocycles. The highest BCUT2D eigenvalue weighted by molar-refractivity contribution is 7.80. The Morgan fingerprint density at radius 1 is 1.07 bits per heavy atom. The number of anilines is 1. The van der Waals surface area contributed by atoms with Gasteiger partial charge in [0.05, 0.1) is 21.8 Å². The van der Waals surface area contributed by atoms with Gasteiger partial charge in [-0.25, -0.2) is 0 Å². The topological polar surface area (TPSA) is 70.2 Å². The minimum atomic E-state index is -0.476. The van der Waals surface area contributed by atoms with Crippen LogP contribution >= 0.6 is 35.4 Å². The van der Waals surface area contributed by atoms with Crippen LogP contribution in [-0.2, 0) is 0 Å². The number of amides is 2. The van der Waals surface area contributed by atoms with Crippen molar-refractivity contribution in [2.75, 3.05) is 5.32 Å². The molecule has 0 aromatic heterocycles. The van der Waals surface area contributed by atoms with Gasteiger partial charge in [-0.05, 0) is 55.9 Å². The number of thiocarbonyl (C=S) groups is 1. The zero-order valence-corrected chi connectivity index (χ0v) is 17.1. The molecule has 1 atom stereocenters. The molecule has 0 spiro atoms. The zero-order chi connectivity index (χ0) is 20.0. The van der Waals surface area contributed by atoms with E-state index < -0.39 is 5.91 Å². The molecular weight excluding hydrogens is 405 g/mol. The maximum Gasteiger partial charge on any atom is 0.258 e. The minimum absolute atomic E-state index is 0.0456. The summed E-state index contributed by atoms with van der Waals surface area (Å²) in [7, 11) is 0. The fourth-order valence-electron chi connectivity index (χ4n) is 2.19. The van der Waals surface area contributed by atoms with Crippen LogP contribution in [0.2, 0.25) is 10.0 Å². The number of halogens is 2. The van der Waals surface area contributed by atoms with Crippen molar-refractivity contribution < 1.29 is 9.59 Å². The Morgan fingerprint density at radius 3 is 2.44 bits per heavy atom. The molecule has 8 heteroatoms. The highest BCUT2D eigenvalue weighted by atomic mass is 35.5. The van der Waals surface area contributed by atoms with Crippen molar-refractivity contribution in [2.24, 2.45) is 0 Å². The molecule has 0 aliphatic rings. The van der Waals surface area contributed by atoms with Gasteiger partial charge < -0.3 is 10.6 Å². The van der Waals surface area contributed by atoms with E-state index in [1.54, 1.807) is 30.3 Å². The standard InChI is InChI=1S/C19H19Cl2N3O2S/c1-3-11(2)22-18(26)14-6-4-5-7-16(14)23-19(27)24-17(25)13-9-8-12(20)10-15(13)21/h4-11H,3H2,1-2H3,(H,22,26)(H2,23,24,25,27). The average Bonchev–Trinajstić information content (AvgIpc) is 2.61. The second kappa shape index (κ2) is 9.69. The first-order valence-electron chi connectivity index (χ1n) is 8.29. The molecule has 0 radical (unpaired) electrons. The van der Waals surface area contributed by atoms with Gasteiger partial charge >= 0.3 is 0 Å². The van der Waals surface area contributed by atoms with Gasteiger partial charge in [0, 0.05) is 11.1 Å². The first-order chi connectivity index (χ1) is 12.8. The van der Waals surface area contributed by atoms with Gasteiger partial charge in [0.2, 0.25) is 0 Å². The monoisotopic (exact) mass is 423 g/mol. The van der Waals surface area contributed by atoms with Crippen LogP contribution in [0.25, 0.3) is 0 Å². The summed E-state index contributed by atoms with van der Waals surface area (Å²) in [4.78, 5) is 24.8. The zero-order valence-electron chi connectivity index (χ0n) is 14.8. The van der Waals surface area contributed by atoms with E-state index in [0.717, 1.165) is 6.42 Å². The Labute approximate surface area is 173 Å². The van der Waals surface area contributed by atoms with Crippen LogP contribution in [0.1, 0.15) is 41.0 Å². The molecule has 1 unspecified atom stereocenters. The van der Waals surface area contributed by atoms with Crippen molar-refractivity contribution in [3.63, 3.8) is 0 Å². The number of carbonyl (C=O) groups excluding carboxylic acids is 2. The molecule has 0 heterocycles. The first-order valence-corrected chi connectivity index (χ1v) is 9.45. The molecule has 3 N–H and O–H groups in total. The number of carbonyl (C=O) groups is 2. The third-order valence-corrected chi connectivity index (χ3v) is 4.56. The Morgan fingerprint density at radius 2 is 1.78 bits per heavy atom. The summed E-state index contributed by atoms with van der Waals surface area (Å²) in [6.07, 6.45) is 0.817. The van der Waals surface area contributed by atoms with Crippen molar-refractivity contribution in [3.8, 4) is 0 Å². The van der Waals surface area contributed by atoms with Crippen molar-refractivity contribution in [3.05, 3.63) is 63.6 Å². The highest BCUT2D eigenvalue weighted by Crippen LogP contribution is 2.21. The Kier molecular flexibility index (Phi) is 7.59. The van der Waals surface area contributed by atoms with Crippen molar-refractivity contribution in [1.29, 1.82) is 0 Å². The summed E-state index contributed by atoms with van der Waals surface area (Å²) >= 11 is 17.1. The van der Waals surface area contributed by atoms with E-state index in [1.807, 2.05) is 13.8 Å². The Bertz CT molecular complexity index is 874. The van der Waals surface area contributed by atoms with Crippen LogP contribution in [0.4, 0.5) is 5.69 Å². The molecule has 0 saturated heterocycles. The van der Waals surface area contributed by atoms with E-state index in [0.29, 0.717) is 16.3 Å². The molecule has 2 amide bonds. The molecular formula is C19H19Cl2N3O2S. The summed E-state index contributed by atoms with van der Waals surface area (Å²) in [5.74, 6) is -0.696. The van der Waals surface area contributed by atoms with Gasteiger partial charge in [-0.15, -0.1) is 0 Å². The summed E-state index contributed by atoms with van der Waals surface area (Å²) in [6, 6.07) is 11.5. The molecule has 0 saturated carbocycles.